The molecule has 18 nitrogen and oxygen atoms in total. The fraction of sp³-hybridized carbons (Fsp3) is 0.0417. The van der Waals surface area contributed by atoms with Crippen LogP contribution < -0.4 is 19.6 Å². The first-order valence-corrected chi connectivity index (χ1v) is 11.2. The molecule has 18 heteroatoms. The third kappa shape index (κ3) is 5.26. The molecule has 0 radical (unpaired) electrons. The van der Waals surface area contributed by atoms with Crippen molar-refractivity contribution in [3.8, 4) is 11.5 Å². The van der Waals surface area contributed by atoms with Crippen LogP contribution in [0.2, 0.25) is 0 Å². The van der Waals surface area contributed by atoms with Crippen molar-refractivity contribution in [2.24, 2.45) is 5.11 Å². The molecule has 1 heterocycles. The number of amides is 4. The number of para-hydroxylation sites is 2. The van der Waals surface area contributed by atoms with Crippen LogP contribution in [0.1, 0.15) is 33.5 Å². The number of fused-ring (bicyclic) bond motifs is 1. The van der Waals surface area contributed by atoms with Gasteiger partial charge in [-0.25, -0.2) is 24.0 Å². The van der Waals surface area contributed by atoms with Crippen molar-refractivity contribution < 1.29 is 63.7 Å². The van der Waals surface area contributed by atoms with Gasteiger partial charge in [0, 0.05) is 10.5 Å². The number of carbonyl (C=O) groups is 5. The number of nitrogens with zero attached hydrogens (tertiary/aromatic N) is 5. The Morgan fingerprint density at radius 1 is 0.810 bits per heavy atom. The molecule has 2 aromatic carbocycles. The van der Waals surface area contributed by atoms with Gasteiger partial charge in [-0.3, -0.25) is 9.78 Å². The predicted molar refractivity (Wildman–Crippen MR) is 137 cm³/mol. The van der Waals surface area contributed by atoms with Crippen molar-refractivity contribution in [2.45, 2.75) is 6.04 Å². The average Bonchev–Trinajstić information content (AvgIpc) is 3.53. The summed E-state index contributed by atoms with van der Waals surface area (Å²) in [4.78, 5) is 70.9. The van der Waals surface area contributed by atoms with E-state index in [0.717, 1.165) is 30.3 Å². The summed E-state index contributed by atoms with van der Waals surface area (Å²) in [5.41, 5.74) is 8.44. The summed E-state index contributed by atoms with van der Waals surface area (Å²) in [7, 11) is 0. The van der Waals surface area contributed by atoms with Crippen LogP contribution >= 0.6 is 0 Å². The first-order valence-electron chi connectivity index (χ1n) is 11.2. The van der Waals surface area contributed by atoms with E-state index in [9.17, 15) is 55.0 Å². The molecule has 0 bridgehead atoms. The summed E-state index contributed by atoms with van der Waals surface area (Å²) < 4.78 is 5.29. The van der Waals surface area contributed by atoms with Crippen LogP contribution in [-0.2, 0) is 0 Å². The SMILES string of the molecule is [N-]=[N+]=NC1C(c2ccc(C(=O)O)o2)=Cc2cc(N(C(=O)O)C(=O)O)c(OOc3ccccc3N(C(=O)O)C(=O)O)cc21. The maximum Gasteiger partial charge on any atom is 0.421 e. The lowest BCUT2D eigenvalue weighted by Gasteiger charge is -2.20. The van der Waals surface area contributed by atoms with E-state index >= 15 is 0 Å². The van der Waals surface area contributed by atoms with Crippen LogP contribution in [0.5, 0.6) is 11.5 Å². The maximum absolute atomic E-state index is 11.8. The largest absolute Gasteiger partial charge is 0.475 e. The molecule has 5 N–H and O–H groups in total. The van der Waals surface area contributed by atoms with Gasteiger partial charge in [-0.2, -0.15) is 9.80 Å². The number of rotatable bonds is 8. The molecule has 1 aromatic heterocycles. The normalized spacial score (nSPS) is 13.1. The van der Waals surface area contributed by atoms with Gasteiger partial charge < -0.3 is 29.9 Å². The van der Waals surface area contributed by atoms with E-state index in [0.29, 0.717) is 0 Å². The lowest BCUT2D eigenvalue weighted by atomic mass is 10.0. The van der Waals surface area contributed by atoms with Crippen LogP contribution in [-0.4, -0.2) is 55.9 Å². The molecule has 214 valence electrons. The third-order valence-corrected chi connectivity index (χ3v) is 5.67. The van der Waals surface area contributed by atoms with Gasteiger partial charge in [-0.15, -0.1) is 0 Å². The molecule has 0 spiro atoms. The second kappa shape index (κ2) is 11.2. The number of benzene rings is 2. The van der Waals surface area contributed by atoms with Gasteiger partial charge in [0.1, 0.15) is 17.1 Å². The average molecular weight is 581 g/mol. The van der Waals surface area contributed by atoms with Gasteiger partial charge in [-0.1, -0.05) is 17.2 Å². The van der Waals surface area contributed by atoms with Crippen molar-refractivity contribution in [3.05, 3.63) is 81.6 Å². The fourth-order valence-corrected chi connectivity index (χ4v) is 3.99. The van der Waals surface area contributed by atoms with E-state index in [2.05, 4.69) is 10.0 Å². The number of carboxylic acid groups (broad SMARTS) is 5. The Morgan fingerprint density at radius 2 is 1.40 bits per heavy atom. The Bertz CT molecular complexity index is 1690. The lowest BCUT2D eigenvalue weighted by Crippen LogP contribution is -2.35. The number of azide groups is 1. The summed E-state index contributed by atoms with van der Waals surface area (Å²) in [6.45, 7) is 0. The molecule has 1 unspecified atom stereocenters. The Labute approximate surface area is 231 Å². The second-order valence-corrected chi connectivity index (χ2v) is 8.06. The molecule has 4 amide bonds. The molecular weight excluding hydrogens is 566 g/mol. The minimum absolute atomic E-state index is 0.0223. The molecule has 1 aliphatic rings. The molecule has 3 aromatic rings. The molecular formula is C24H15N5O13. The molecule has 4 rings (SSSR count). The van der Waals surface area contributed by atoms with E-state index in [1.165, 1.54) is 24.3 Å². The van der Waals surface area contributed by atoms with E-state index in [-0.39, 0.29) is 32.3 Å². The van der Waals surface area contributed by atoms with Crippen molar-refractivity contribution in [1.82, 2.24) is 0 Å². The Morgan fingerprint density at radius 3 is 1.98 bits per heavy atom. The third-order valence-electron chi connectivity index (χ3n) is 5.67. The van der Waals surface area contributed by atoms with Crippen LogP contribution in [0.4, 0.5) is 30.6 Å². The molecule has 0 saturated heterocycles. The Balaban J connectivity index is 1.83. The summed E-state index contributed by atoms with van der Waals surface area (Å²) in [6.07, 6.45) is -6.34. The van der Waals surface area contributed by atoms with Crippen LogP contribution in [0.15, 0.2) is 58.1 Å². The minimum Gasteiger partial charge on any atom is -0.475 e. The highest BCUT2D eigenvalue weighted by molar-refractivity contribution is 6.10. The Kier molecular flexibility index (Phi) is 7.56. The Hall–Kier alpha value is -6.68. The molecule has 1 atom stereocenters. The highest BCUT2D eigenvalue weighted by Crippen LogP contribution is 2.47. The van der Waals surface area contributed by atoms with Gasteiger partial charge in [0.05, 0.1) is 6.04 Å². The highest BCUT2D eigenvalue weighted by atomic mass is 17.2. The van der Waals surface area contributed by atoms with Crippen molar-refractivity contribution in [2.75, 3.05) is 9.80 Å². The van der Waals surface area contributed by atoms with Gasteiger partial charge in [0.15, 0.2) is 0 Å². The number of carboxylic acids is 1. The maximum atomic E-state index is 11.8. The van der Waals surface area contributed by atoms with Crippen molar-refractivity contribution >= 4 is 53.4 Å². The highest BCUT2D eigenvalue weighted by Gasteiger charge is 2.34. The summed E-state index contributed by atoms with van der Waals surface area (Å²) in [5, 5.41) is 50.6. The standard InChI is InChI=1S/C24H15N5O13/c25-27-26-19-11-9-18(42-41-16-4-2-1-3-13(16)28(21(32)33)22(34)35)14(29(23(36)37)24(38)39)8-10(11)7-12(19)15-5-6-17(40-15)20(30)31/h1-9,19H,(H,30,31)(H,32,33)(H,34,35)(H,36,37)(H,38,39). The zero-order chi connectivity index (χ0) is 30.7. The second-order valence-electron chi connectivity index (χ2n) is 8.06. The summed E-state index contributed by atoms with van der Waals surface area (Å²) in [5.74, 6) is -2.91. The lowest BCUT2D eigenvalue weighted by molar-refractivity contribution is -0.0988. The zero-order valence-electron chi connectivity index (χ0n) is 20.5. The van der Waals surface area contributed by atoms with E-state index in [1.807, 2.05) is 0 Å². The molecule has 0 fully saturated rings. The number of hydrogen-bond acceptors (Lipinski definition) is 9. The van der Waals surface area contributed by atoms with Crippen LogP contribution in [0, 0.1) is 0 Å². The van der Waals surface area contributed by atoms with Gasteiger partial charge in [0.25, 0.3) is 0 Å². The van der Waals surface area contributed by atoms with Crippen molar-refractivity contribution in [3.63, 3.8) is 0 Å². The number of aromatic carboxylic acids is 1. The topological polar surface area (TPSA) is 273 Å². The predicted octanol–water partition coefficient (Wildman–Crippen LogP) is 5.58. The number of furan rings is 1. The zero-order valence-corrected chi connectivity index (χ0v) is 20.5. The number of imide groups is 2. The minimum atomic E-state index is -1.96. The fourth-order valence-electron chi connectivity index (χ4n) is 3.99. The molecule has 0 aliphatic heterocycles. The van der Waals surface area contributed by atoms with Gasteiger partial charge >= 0.3 is 30.3 Å². The first-order chi connectivity index (χ1) is 19.9. The quantitative estimate of drug-likeness (QED) is 0.0715. The monoisotopic (exact) mass is 581 g/mol. The smallest absolute Gasteiger partial charge is 0.421 e. The number of hydrogen-bond donors (Lipinski definition) is 5. The molecule has 0 saturated carbocycles. The number of anilines is 2. The van der Waals surface area contributed by atoms with Crippen molar-refractivity contribution in [1.29, 1.82) is 0 Å². The van der Waals surface area contributed by atoms with E-state index in [1.54, 1.807) is 0 Å². The van der Waals surface area contributed by atoms with Crippen LogP contribution in [0.25, 0.3) is 22.1 Å². The first kappa shape index (κ1) is 28.3. The van der Waals surface area contributed by atoms with Gasteiger partial charge in [0.2, 0.25) is 17.3 Å². The van der Waals surface area contributed by atoms with Gasteiger partial charge in [-0.05, 0) is 59.1 Å². The molecule has 42 heavy (non-hydrogen) atoms. The van der Waals surface area contributed by atoms with E-state index in [4.69, 9.17) is 14.2 Å². The summed E-state index contributed by atoms with van der Waals surface area (Å²) in [6, 6.07) is 8.15. The van der Waals surface area contributed by atoms with Crippen LogP contribution in [0.3, 0.4) is 0 Å². The summed E-state index contributed by atoms with van der Waals surface area (Å²) >= 11 is 0. The van der Waals surface area contributed by atoms with E-state index < -0.39 is 65.0 Å². The molecule has 1 aliphatic carbocycles.